The van der Waals surface area contributed by atoms with Crippen LogP contribution in [0.5, 0.6) is 5.06 Å². The summed E-state index contributed by atoms with van der Waals surface area (Å²) >= 11 is 1.57. The van der Waals surface area contributed by atoms with Crippen molar-refractivity contribution in [3.8, 4) is 15.6 Å². The fraction of sp³-hybridized carbons (Fsp3) is 0.357. The second kappa shape index (κ2) is 4.49. The van der Waals surface area contributed by atoms with Crippen molar-refractivity contribution in [1.29, 1.82) is 0 Å². The van der Waals surface area contributed by atoms with E-state index in [0.717, 1.165) is 15.6 Å². The lowest BCUT2D eigenvalue weighted by Gasteiger charge is -2.18. The maximum absolute atomic E-state index is 5.15. The van der Waals surface area contributed by atoms with Gasteiger partial charge in [-0.1, -0.05) is 56.4 Å². The van der Waals surface area contributed by atoms with Crippen molar-refractivity contribution in [1.82, 2.24) is 4.98 Å². The van der Waals surface area contributed by atoms with Crippen LogP contribution in [0.2, 0.25) is 0 Å². The lowest BCUT2D eigenvalue weighted by atomic mass is 9.87. The van der Waals surface area contributed by atoms with Gasteiger partial charge >= 0.3 is 0 Å². The number of methoxy groups -OCH3 is 1. The van der Waals surface area contributed by atoms with Crippen LogP contribution in [-0.2, 0) is 5.41 Å². The van der Waals surface area contributed by atoms with Crippen molar-refractivity contribution >= 4 is 11.3 Å². The molecule has 0 aliphatic carbocycles. The maximum Gasteiger partial charge on any atom is 0.194 e. The first-order valence-corrected chi connectivity index (χ1v) is 6.43. The number of benzene rings is 1. The molecule has 0 atom stereocenters. The Morgan fingerprint density at radius 3 is 2.24 bits per heavy atom. The van der Waals surface area contributed by atoms with Crippen LogP contribution in [0.1, 0.15) is 26.3 Å². The molecule has 0 unspecified atom stereocenters. The fourth-order valence-electron chi connectivity index (χ4n) is 1.60. The fourth-order valence-corrected chi connectivity index (χ4v) is 2.34. The zero-order valence-corrected chi connectivity index (χ0v) is 11.5. The molecule has 0 aliphatic rings. The van der Waals surface area contributed by atoms with E-state index in [0.29, 0.717) is 0 Å². The number of aromatic nitrogens is 1. The predicted octanol–water partition coefficient (Wildman–Crippen LogP) is 4.12. The number of hydrogen-bond acceptors (Lipinski definition) is 3. The Balaban J connectivity index is 2.29. The number of rotatable bonds is 2. The molecular weight excluding hydrogens is 230 g/mol. The van der Waals surface area contributed by atoms with E-state index in [4.69, 9.17) is 4.74 Å². The van der Waals surface area contributed by atoms with Crippen LogP contribution in [0.25, 0.3) is 10.6 Å². The maximum atomic E-state index is 5.15. The summed E-state index contributed by atoms with van der Waals surface area (Å²) in [5.41, 5.74) is 2.68. The molecule has 0 spiro atoms. The molecule has 1 aromatic heterocycles. The lowest BCUT2D eigenvalue weighted by molar-refractivity contribution is 0.426. The van der Waals surface area contributed by atoms with Crippen molar-refractivity contribution < 1.29 is 4.74 Å². The number of nitrogens with zero attached hydrogens (tertiary/aromatic N) is 1. The van der Waals surface area contributed by atoms with E-state index < -0.39 is 0 Å². The molecule has 3 heteroatoms. The van der Waals surface area contributed by atoms with E-state index in [9.17, 15) is 0 Å². The minimum atomic E-state index is 0.194. The third kappa shape index (κ3) is 2.67. The topological polar surface area (TPSA) is 22.1 Å². The summed E-state index contributed by atoms with van der Waals surface area (Å²) in [6, 6.07) is 8.59. The second-order valence-corrected chi connectivity index (χ2v) is 6.01. The van der Waals surface area contributed by atoms with Gasteiger partial charge in [-0.15, -0.1) is 0 Å². The molecule has 2 nitrogen and oxygen atoms in total. The van der Waals surface area contributed by atoms with Gasteiger partial charge in [0.2, 0.25) is 0 Å². The third-order valence-electron chi connectivity index (χ3n) is 2.68. The quantitative estimate of drug-likeness (QED) is 0.796. The van der Waals surface area contributed by atoms with E-state index in [1.54, 1.807) is 24.6 Å². The molecule has 2 aromatic rings. The van der Waals surface area contributed by atoms with Crippen LogP contribution in [0.4, 0.5) is 0 Å². The van der Waals surface area contributed by atoms with Gasteiger partial charge in [0.15, 0.2) is 5.06 Å². The first kappa shape index (κ1) is 12.1. The highest BCUT2D eigenvalue weighted by atomic mass is 32.1. The molecule has 90 valence electrons. The largest absolute Gasteiger partial charge is 0.486 e. The second-order valence-electron chi connectivity index (χ2n) is 5.02. The van der Waals surface area contributed by atoms with Crippen LogP contribution in [-0.4, -0.2) is 12.1 Å². The Bertz CT molecular complexity index is 494. The molecule has 17 heavy (non-hydrogen) atoms. The van der Waals surface area contributed by atoms with E-state index in [-0.39, 0.29) is 5.41 Å². The van der Waals surface area contributed by atoms with E-state index in [1.165, 1.54) is 5.56 Å². The Morgan fingerprint density at radius 2 is 1.76 bits per heavy atom. The van der Waals surface area contributed by atoms with Crippen molar-refractivity contribution in [3.63, 3.8) is 0 Å². The average molecular weight is 247 g/mol. The van der Waals surface area contributed by atoms with Gasteiger partial charge in [0.25, 0.3) is 0 Å². The van der Waals surface area contributed by atoms with Crippen molar-refractivity contribution in [2.24, 2.45) is 0 Å². The number of ether oxygens (including phenoxy) is 1. The van der Waals surface area contributed by atoms with Gasteiger partial charge < -0.3 is 4.74 Å². The molecule has 0 saturated carbocycles. The van der Waals surface area contributed by atoms with Crippen LogP contribution in [0, 0.1) is 0 Å². The Hall–Kier alpha value is -1.35. The predicted molar refractivity (Wildman–Crippen MR) is 72.8 cm³/mol. The average Bonchev–Trinajstić information content (AvgIpc) is 2.76. The van der Waals surface area contributed by atoms with Gasteiger partial charge in [-0.25, -0.2) is 4.98 Å². The van der Waals surface area contributed by atoms with E-state index in [1.807, 2.05) is 0 Å². The monoisotopic (exact) mass is 247 g/mol. The Labute approximate surface area is 106 Å². The SMILES string of the molecule is COc1cnc(-c2ccc(C(C)(C)C)cc2)s1. The van der Waals surface area contributed by atoms with Crippen LogP contribution >= 0.6 is 11.3 Å². The van der Waals surface area contributed by atoms with Crippen LogP contribution in [0.15, 0.2) is 30.5 Å². The van der Waals surface area contributed by atoms with E-state index in [2.05, 4.69) is 50.0 Å². The number of thiazole rings is 1. The number of hydrogen-bond donors (Lipinski definition) is 0. The van der Waals surface area contributed by atoms with Gasteiger partial charge in [0.1, 0.15) is 5.01 Å². The zero-order valence-electron chi connectivity index (χ0n) is 10.7. The molecule has 0 N–H and O–H groups in total. The third-order valence-corrected chi connectivity index (χ3v) is 3.69. The van der Waals surface area contributed by atoms with Gasteiger partial charge in [-0.05, 0) is 11.0 Å². The molecule has 2 rings (SSSR count). The Morgan fingerprint density at radius 1 is 1.12 bits per heavy atom. The van der Waals surface area contributed by atoms with Crippen molar-refractivity contribution in [3.05, 3.63) is 36.0 Å². The zero-order chi connectivity index (χ0) is 12.5. The Kier molecular flexibility index (Phi) is 3.20. The van der Waals surface area contributed by atoms with Crippen LogP contribution < -0.4 is 4.74 Å². The van der Waals surface area contributed by atoms with Gasteiger partial charge in [-0.2, -0.15) is 0 Å². The molecule has 0 radical (unpaired) electrons. The van der Waals surface area contributed by atoms with Crippen LogP contribution in [0.3, 0.4) is 0 Å². The summed E-state index contributed by atoms with van der Waals surface area (Å²) in [6.45, 7) is 6.65. The van der Waals surface area contributed by atoms with Gasteiger partial charge in [0, 0.05) is 5.56 Å². The molecule has 1 heterocycles. The highest BCUT2D eigenvalue weighted by molar-refractivity contribution is 7.16. The minimum absolute atomic E-state index is 0.194. The summed E-state index contributed by atoms with van der Waals surface area (Å²) in [7, 11) is 1.67. The summed E-state index contributed by atoms with van der Waals surface area (Å²) in [5, 5.41) is 1.85. The molecule has 0 saturated heterocycles. The molecule has 0 aliphatic heterocycles. The van der Waals surface area contributed by atoms with Gasteiger partial charge in [-0.3, -0.25) is 0 Å². The minimum Gasteiger partial charge on any atom is -0.486 e. The molecular formula is C14H17NOS. The lowest BCUT2D eigenvalue weighted by Crippen LogP contribution is -2.10. The highest BCUT2D eigenvalue weighted by Gasteiger charge is 2.13. The first-order chi connectivity index (χ1) is 8.00. The standard InChI is InChI=1S/C14H17NOS/c1-14(2,3)11-7-5-10(6-8-11)13-15-9-12(16-4)17-13/h5-9H,1-4H3. The molecule has 1 aromatic carbocycles. The van der Waals surface area contributed by atoms with E-state index >= 15 is 0 Å². The van der Waals surface area contributed by atoms with Gasteiger partial charge in [0.05, 0.1) is 13.3 Å². The van der Waals surface area contributed by atoms with Crippen molar-refractivity contribution in [2.45, 2.75) is 26.2 Å². The summed E-state index contributed by atoms with van der Waals surface area (Å²) in [4.78, 5) is 4.34. The molecule has 0 fully saturated rings. The summed E-state index contributed by atoms with van der Waals surface area (Å²) in [5.74, 6) is 0. The summed E-state index contributed by atoms with van der Waals surface area (Å²) in [6.07, 6.45) is 1.76. The normalized spacial score (nSPS) is 11.5. The smallest absolute Gasteiger partial charge is 0.194 e. The molecule has 0 amide bonds. The summed E-state index contributed by atoms with van der Waals surface area (Å²) < 4.78 is 5.15. The van der Waals surface area contributed by atoms with Crippen molar-refractivity contribution in [2.75, 3.05) is 7.11 Å². The first-order valence-electron chi connectivity index (χ1n) is 5.61. The highest BCUT2D eigenvalue weighted by Crippen LogP contribution is 2.31. The molecule has 0 bridgehead atoms.